The second-order valence-corrected chi connectivity index (χ2v) is 4.45. The van der Waals surface area contributed by atoms with Crippen LogP contribution in [0.2, 0.25) is 0 Å². The van der Waals surface area contributed by atoms with Gasteiger partial charge >= 0.3 is 0 Å². The molecule has 0 aliphatic rings. The maximum absolute atomic E-state index is 9.61. The molecule has 0 spiro atoms. The van der Waals surface area contributed by atoms with Gasteiger partial charge in [0.15, 0.2) is 0 Å². The summed E-state index contributed by atoms with van der Waals surface area (Å²) in [5.41, 5.74) is 2.79. The van der Waals surface area contributed by atoms with Crippen molar-refractivity contribution in [1.82, 2.24) is 19.9 Å². The van der Waals surface area contributed by atoms with Crippen molar-refractivity contribution >= 4 is 11.0 Å². The Labute approximate surface area is 105 Å². The van der Waals surface area contributed by atoms with Gasteiger partial charge in [0.05, 0.1) is 12.2 Å². The number of aliphatic hydroxyl groups excluding tert-OH is 2. The molecule has 1 aromatic carbocycles. The van der Waals surface area contributed by atoms with Gasteiger partial charge in [-0.05, 0) is 32.4 Å². The maximum atomic E-state index is 9.61. The van der Waals surface area contributed by atoms with Crippen molar-refractivity contribution < 1.29 is 10.2 Å². The van der Waals surface area contributed by atoms with E-state index in [1.54, 1.807) is 18.5 Å². The van der Waals surface area contributed by atoms with Crippen molar-refractivity contribution in [3.63, 3.8) is 0 Å². The highest BCUT2D eigenvalue weighted by molar-refractivity contribution is 5.77. The molecule has 6 heteroatoms. The number of fused-ring (bicyclic) bond motifs is 1. The fraction of sp³-hybridized carbons (Fsp3) is 0.500. The number of aromatic nitrogens is 3. The normalized spacial score (nSPS) is 15.2. The van der Waals surface area contributed by atoms with Crippen LogP contribution in [-0.4, -0.2) is 42.6 Å². The quantitative estimate of drug-likeness (QED) is 0.780. The minimum atomic E-state index is -0.756. The van der Waals surface area contributed by atoms with Gasteiger partial charge < -0.3 is 10.2 Å². The van der Waals surface area contributed by atoms with Crippen LogP contribution >= 0.6 is 0 Å². The van der Waals surface area contributed by atoms with E-state index in [0.717, 1.165) is 16.6 Å². The van der Waals surface area contributed by atoms with Crippen molar-refractivity contribution in [2.45, 2.75) is 39.9 Å². The lowest BCUT2D eigenvalue weighted by Crippen LogP contribution is -2.41. The van der Waals surface area contributed by atoms with Crippen LogP contribution in [0.3, 0.4) is 0 Å². The van der Waals surface area contributed by atoms with Crippen LogP contribution < -0.4 is 0 Å². The van der Waals surface area contributed by atoms with Gasteiger partial charge in [-0.2, -0.15) is 0 Å². The van der Waals surface area contributed by atoms with Gasteiger partial charge in [0.2, 0.25) is 0 Å². The van der Waals surface area contributed by atoms with Crippen molar-refractivity contribution in [1.29, 1.82) is 0 Å². The lowest BCUT2D eigenvalue weighted by molar-refractivity contribution is -0.103. The number of aliphatic hydroxyl groups is 2. The van der Waals surface area contributed by atoms with E-state index in [0.29, 0.717) is 0 Å². The smallest absolute Gasteiger partial charge is 0.116 e. The monoisotopic (exact) mass is 250 g/mol. The Morgan fingerprint density at radius 2 is 1.94 bits per heavy atom. The van der Waals surface area contributed by atoms with Crippen molar-refractivity contribution in [2.75, 3.05) is 0 Å². The standard InChI is InChI=1S/C12H18N4O2/c1-8-5-4-6-11-12(8)13-14-16(11)7-15(9(2)17)10(3)18/h4-6,9-10,17-18H,7H2,1-3H3. The Bertz CT molecular complexity index is 528. The molecule has 0 radical (unpaired) electrons. The van der Waals surface area contributed by atoms with E-state index in [9.17, 15) is 10.2 Å². The highest BCUT2D eigenvalue weighted by atomic mass is 16.3. The number of benzene rings is 1. The third-order valence-electron chi connectivity index (χ3n) is 3.00. The molecule has 2 unspecified atom stereocenters. The molecule has 0 amide bonds. The van der Waals surface area contributed by atoms with Crippen LogP contribution in [0.5, 0.6) is 0 Å². The third-order valence-corrected chi connectivity index (χ3v) is 3.00. The summed E-state index contributed by atoms with van der Waals surface area (Å²) in [5.74, 6) is 0. The van der Waals surface area contributed by atoms with E-state index in [-0.39, 0.29) is 6.67 Å². The average Bonchev–Trinajstić information content (AvgIpc) is 2.69. The summed E-state index contributed by atoms with van der Waals surface area (Å²) in [7, 11) is 0. The number of hydrogen-bond donors (Lipinski definition) is 2. The first-order chi connectivity index (χ1) is 8.50. The number of aryl methyl sites for hydroxylation is 1. The van der Waals surface area contributed by atoms with E-state index in [1.165, 1.54) is 4.90 Å². The molecule has 2 atom stereocenters. The molecule has 18 heavy (non-hydrogen) atoms. The van der Waals surface area contributed by atoms with Gasteiger partial charge in [-0.15, -0.1) is 5.10 Å². The average molecular weight is 250 g/mol. The summed E-state index contributed by atoms with van der Waals surface area (Å²) in [6.07, 6.45) is -1.51. The number of nitrogens with zero attached hydrogens (tertiary/aromatic N) is 4. The zero-order chi connectivity index (χ0) is 13.3. The molecule has 0 bridgehead atoms. The van der Waals surface area contributed by atoms with Crippen LogP contribution in [0.25, 0.3) is 11.0 Å². The predicted octanol–water partition coefficient (Wildman–Crippen LogP) is 0.676. The number of rotatable bonds is 4. The van der Waals surface area contributed by atoms with E-state index in [2.05, 4.69) is 10.3 Å². The molecule has 0 fully saturated rings. The lowest BCUT2D eigenvalue weighted by Gasteiger charge is -2.27. The van der Waals surface area contributed by atoms with Gasteiger partial charge in [-0.1, -0.05) is 17.3 Å². The van der Waals surface area contributed by atoms with Gasteiger partial charge in [0, 0.05) is 0 Å². The summed E-state index contributed by atoms with van der Waals surface area (Å²) in [4.78, 5) is 1.51. The molecule has 1 heterocycles. The maximum Gasteiger partial charge on any atom is 0.116 e. The Hall–Kier alpha value is -1.50. The molecule has 2 N–H and O–H groups in total. The van der Waals surface area contributed by atoms with Crippen LogP contribution in [0.1, 0.15) is 19.4 Å². The van der Waals surface area contributed by atoms with Crippen LogP contribution in [0.4, 0.5) is 0 Å². The van der Waals surface area contributed by atoms with E-state index in [4.69, 9.17) is 0 Å². The summed E-state index contributed by atoms with van der Waals surface area (Å²) in [6.45, 7) is 5.48. The van der Waals surface area contributed by atoms with Gasteiger partial charge in [0.25, 0.3) is 0 Å². The predicted molar refractivity (Wildman–Crippen MR) is 67.5 cm³/mol. The van der Waals surface area contributed by atoms with Gasteiger partial charge in [-0.25, -0.2) is 9.58 Å². The summed E-state index contributed by atoms with van der Waals surface area (Å²) in [6, 6.07) is 5.83. The SMILES string of the molecule is Cc1cccc2c1nnn2CN(C(C)O)C(C)O. The molecule has 0 aliphatic carbocycles. The van der Waals surface area contributed by atoms with Crippen molar-refractivity contribution in [2.24, 2.45) is 0 Å². The van der Waals surface area contributed by atoms with E-state index >= 15 is 0 Å². The minimum absolute atomic E-state index is 0.287. The van der Waals surface area contributed by atoms with Gasteiger partial charge in [-0.3, -0.25) is 0 Å². The molecule has 6 nitrogen and oxygen atoms in total. The fourth-order valence-electron chi connectivity index (χ4n) is 1.94. The molecule has 98 valence electrons. The third kappa shape index (κ3) is 2.35. The Balaban J connectivity index is 2.34. The molecule has 1 aromatic heterocycles. The summed E-state index contributed by atoms with van der Waals surface area (Å²) < 4.78 is 1.67. The highest BCUT2D eigenvalue weighted by Gasteiger charge is 2.18. The van der Waals surface area contributed by atoms with Crippen LogP contribution in [-0.2, 0) is 6.67 Å². The van der Waals surface area contributed by atoms with Crippen LogP contribution in [0.15, 0.2) is 18.2 Å². The molecular weight excluding hydrogens is 232 g/mol. The zero-order valence-corrected chi connectivity index (χ0v) is 10.8. The number of hydrogen-bond acceptors (Lipinski definition) is 5. The molecular formula is C12H18N4O2. The molecule has 0 saturated heterocycles. The van der Waals surface area contributed by atoms with Crippen molar-refractivity contribution in [3.05, 3.63) is 23.8 Å². The fourth-order valence-corrected chi connectivity index (χ4v) is 1.94. The van der Waals surface area contributed by atoms with E-state index < -0.39 is 12.5 Å². The second-order valence-electron chi connectivity index (χ2n) is 4.45. The van der Waals surface area contributed by atoms with Gasteiger partial charge in [0.1, 0.15) is 18.0 Å². The first kappa shape index (κ1) is 12.9. The molecule has 2 aromatic rings. The lowest BCUT2D eigenvalue weighted by atomic mass is 10.2. The minimum Gasteiger partial charge on any atom is -0.379 e. The topological polar surface area (TPSA) is 74.4 Å². The first-order valence-corrected chi connectivity index (χ1v) is 5.91. The molecule has 0 aliphatic heterocycles. The zero-order valence-electron chi connectivity index (χ0n) is 10.8. The summed E-state index contributed by atoms with van der Waals surface area (Å²) >= 11 is 0. The second kappa shape index (κ2) is 5.01. The largest absolute Gasteiger partial charge is 0.379 e. The van der Waals surface area contributed by atoms with Crippen molar-refractivity contribution in [3.8, 4) is 0 Å². The molecule has 0 saturated carbocycles. The molecule has 2 rings (SSSR count). The Kier molecular flexibility index (Phi) is 3.60. The first-order valence-electron chi connectivity index (χ1n) is 5.91. The van der Waals surface area contributed by atoms with Crippen LogP contribution in [0, 0.1) is 6.92 Å². The van der Waals surface area contributed by atoms with E-state index in [1.807, 2.05) is 25.1 Å². The Morgan fingerprint density at radius 1 is 1.28 bits per heavy atom. The Morgan fingerprint density at radius 3 is 2.56 bits per heavy atom. The highest BCUT2D eigenvalue weighted by Crippen LogP contribution is 2.16. The summed E-state index contributed by atoms with van der Waals surface area (Å²) in [5, 5.41) is 27.4.